The van der Waals surface area contributed by atoms with Crippen LogP contribution in [-0.2, 0) is 35.4 Å². The van der Waals surface area contributed by atoms with Crippen LogP contribution in [0.2, 0.25) is 0 Å². The van der Waals surface area contributed by atoms with Gasteiger partial charge >= 0.3 is 6.03 Å². The summed E-state index contributed by atoms with van der Waals surface area (Å²) in [5.74, 6) is -0.748. The second-order valence-electron chi connectivity index (χ2n) is 10.9. The molecule has 0 bridgehead atoms. The van der Waals surface area contributed by atoms with E-state index in [1.54, 1.807) is 22.7 Å². The number of hydrogen-bond donors (Lipinski definition) is 0. The minimum Gasteiger partial charge on any atom is -0.342 e. The third kappa shape index (κ3) is 5.82. The number of fused-ring (bicyclic) bond motifs is 1. The lowest BCUT2D eigenvalue weighted by Gasteiger charge is -2.37. The Kier molecular flexibility index (Phi) is 7.58. The quantitative estimate of drug-likeness (QED) is 0.234. The van der Waals surface area contributed by atoms with Crippen molar-refractivity contribution in [2.45, 2.75) is 69.9 Å². The fourth-order valence-electron chi connectivity index (χ4n) is 5.91. The highest BCUT2D eigenvalue weighted by atomic mass is 32.1. The van der Waals surface area contributed by atoms with Gasteiger partial charge in [-0.25, -0.2) is 4.79 Å². The molecule has 202 valence electrons. The lowest BCUT2D eigenvalue weighted by atomic mass is 9.91. The third-order valence-electron chi connectivity index (χ3n) is 7.66. The van der Waals surface area contributed by atoms with E-state index in [0.29, 0.717) is 25.9 Å². The fraction of sp³-hybridized carbons (Fsp3) is 0.344. The smallest absolute Gasteiger partial charge is 0.321 e. The molecule has 3 unspecified atom stereocenters. The van der Waals surface area contributed by atoms with Crippen molar-refractivity contribution < 1.29 is 14.3 Å². The normalized spacial score (nSPS) is 24.5. The van der Waals surface area contributed by atoms with Crippen molar-refractivity contribution in [2.24, 2.45) is 0 Å². The van der Waals surface area contributed by atoms with Crippen LogP contribution in [0.4, 0.5) is 4.79 Å². The first-order chi connectivity index (χ1) is 19.0. The Morgan fingerprint density at radius 1 is 0.667 bits per heavy atom. The Morgan fingerprint density at radius 2 is 1.10 bits per heavy atom. The molecule has 4 aromatic rings. The number of rotatable bonds is 8. The SMILES string of the molecule is CC1(C)OC2C(Cc3ccccc3)N(Cc3ccsc3)C(=O)N(Cc3ccsc3)C(Cc3ccccc3)[C@@H]2O1. The molecule has 0 aliphatic carbocycles. The maximum atomic E-state index is 14.7. The Morgan fingerprint density at radius 3 is 1.49 bits per heavy atom. The topological polar surface area (TPSA) is 42.0 Å². The summed E-state index contributed by atoms with van der Waals surface area (Å²) < 4.78 is 13.5. The predicted molar refractivity (Wildman–Crippen MR) is 157 cm³/mol. The minimum atomic E-state index is -0.748. The molecule has 0 saturated carbocycles. The van der Waals surface area contributed by atoms with Crippen LogP contribution >= 0.6 is 22.7 Å². The molecule has 4 heterocycles. The number of amides is 2. The van der Waals surface area contributed by atoms with Crippen molar-refractivity contribution in [3.8, 4) is 0 Å². The summed E-state index contributed by atoms with van der Waals surface area (Å²) in [4.78, 5) is 18.8. The van der Waals surface area contributed by atoms with E-state index in [2.05, 4.69) is 92.0 Å². The van der Waals surface area contributed by atoms with E-state index in [1.165, 1.54) is 11.1 Å². The van der Waals surface area contributed by atoms with Crippen LogP contribution in [0.3, 0.4) is 0 Å². The molecule has 5 nitrogen and oxygen atoms in total. The Bertz CT molecular complexity index is 1240. The van der Waals surface area contributed by atoms with Crippen molar-refractivity contribution in [1.82, 2.24) is 9.80 Å². The van der Waals surface area contributed by atoms with E-state index in [4.69, 9.17) is 9.47 Å². The Labute approximate surface area is 238 Å². The molecule has 0 spiro atoms. The summed E-state index contributed by atoms with van der Waals surface area (Å²) in [6.45, 7) is 5.06. The van der Waals surface area contributed by atoms with Gasteiger partial charge in [0.05, 0.1) is 12.1 Å². The van der Waals surface area contributed by atoms with Gasteiger partial charge in [-0.15, -0.1) is 0 Å². The van der Waals surface area contributed by atoms with Gasteiger partial charge in [0.1, 0.15) is 12.2 Å². The molecule has 2 aromatic heterocycles. The van der Waals surface area contributed by atoms with Gasteiger partial charge in [0, 0.05) is 13.1 Å². The number of urea groups is 1. The van der Waals surface area contributed by atoms with Crippen LogP contribution < -0.4 is 0 Å². The molecule has 2 amide bonds. The molecule has 2 aliphatic rings. The van der Waals surface area contributed by atoms with Gasteiger partial charge in [-0.2, -0.15) is 22.7 Å². The van der Waals surface area contributed by atoms with Gasteiger partial charge in [-0.05, 0) is 82.6 Å². The van der Waals surface area contributed by atoms with Crippen LogP contribution in [0.1, 0.15) is 36.1 Å². The summed E-state index contributed by atoms with van der Waals surface area (Å²) in [6, 6.07) is 24.8. The molecule has 2 aliphatic heterocycles. The summed E-state index contributed by atoms with van der Waals surface area (Å²) in [5.41, 5.74) is 4.64. The first-order valence-corrected chi connectivity index (χ1v) is 15.4. The molecule has 4 atom stereocenters. The second-order valence-corrected chi connectivity index (χ2v) is 12.4. The standard InChI is InChI=1S/C32H34N2O3S2/c1-32(2)36-29-27(17-23-9-5-3-6-10-23)33(19-25-13-15-38-21-25)31(35)34(20-26-14-16-39-22-26)28(30(29)37-32)18-24-11-7-4-8-12-24/h3-16,21-22,27-30H,17-20H2,1-2H3/t27?,28?,29-,30?/m0/s1. The van der Waals surface area contributed by atoms with Crippen molar-refractivity contribution in [2.75, 3.05) is 0 Å². The summed E-state index contributed by atoms with van der Waals surface area (Å²) in [7, 11) is 0. The van der Waals surface area contributed by atoms with Crippen LogP contribution in [0, 0.1) is 0 Å². The second kappa shape index (κ2) is 11.3. The molecule has 6 rings (SSSR count). The van der Waals surface area contributed by atoms with Crippen LogP contribution in [0.5, 0.6) is 0 Å². The highest BCUT2D eigenvalue weighted by Gasteiger charge is 2.55. The highest BCUT2D eigenvalue weighted by Crippen LogP contribution is 2.40. The number of carbonyl (C=O) groups excluding carboxylic acids is 1. The molecule has 0 radical (unpaired) electrons. The molecular formula is C32H34N2O3S2. The van der Waals surface area contributed by atoms with Gasteiger partial charge in [0.2, 0.25) is 0 Å². The number of hydrogen-bond acceptors (Lipinski definition) is 5. The van der Waals surface area contributed by atoms with Crippen LogP contribution in [0.25, 0.3) is 0 Å². The minimum absolute atomic E-state index is 0.0358. The average molecular weight is 559 g/mol. The number of benzene rings is 2. The Balaban J connectivity index is 1.47. The van der Waals surface area contributed by atoms with Crippen molar-refractivity contribution in [3.63, 3.8) is 0 Å². The number of nitrogens with zero attached hydrogens (tertiary/aromatic N) is 2. The monoisotopic (exact) mass is 558 g/mol. The van der Waals surface area contributed by atoms with Crippen LogP contribution in [0.15, 0.2) is 94.3 Å². The Hall–Kier alpha value is -2.97. The predicted octanol–water partition coefficient (Wildman–Crippen LogP) is 6.99. The summed E-state index contributed by atoms with van der Waals surface area (Å²) in [5, 5.41) is 8.42. The van der Waals surface area contributed by atoms with E-state index in [9.17, 15) is 4.79 Å². The number of thiophene rings is 2. The molecule has 7 heteroatoms. The molecular weight excluding hydrogens is 524 g/mol. The van der Waals surface area contributed by atoms with Crippen molar-refractivity contribution in [1.29, 1.82) is 0 Å². The van der Waals surface area contributed by atoms with Gasteiger partial charge in [0.15, 0.2) is 5.79 Å². The molecule has 0 N–H and O–H groups in total. The summed E-state index contributed by atoms with van der Waals surface area (Å²) in [6.07, 6.45) is 0.844. The first kappa shape index (κ1) is 26.3. The fourth-order valence-corrected chi connectivity index (χ4v) is 7.23. The molecule has 2 aromatic carbocycles. The van der Waals surface area contributed by atoms with E-state index >= 15 is 0 Å². The third-order valence-corrected chi connectivity index (χ3v) is 9.12. The van der Waals surface area contributed by atoms with E-state index < -0.39 is 5.79 Å². The molecule has 2 fully saturated rings. The number of carbonyl (C=O) groups is 1. The molecule has 39 heavy (non-hydrogen) atoms. The van der Waals surface area contributed by atoms with Gasteiger partial charge in [-0.3, -0.25) is 0 Å². The van der Waals surface area contributed by atoms with E-state index in [1.807, 2.05) is 26.0 Å². The zero-order valence-corrected chi connectivity index (χ0v) is 23.9. The average Bonchev–Trinajstić information content (AvgIpc) is 3.70. The van der Waals surface area contributed by atoms with Gasteiger partial charge < -0.3 is 19.3 Å². The van der Waals surface area contributed by atoms with Gasteiger partial charge in [0.25, 0.3) is 0 Å². The van der Waals surface area contributed by atoms with Crippen molar-refractivity contribution in [3.05, 3.63) is 117 Å². The van der Waals surface area contributed by atoms with Crippen molar-refractivity contribution >= 4 is 28.7 Å². The lowest BCUT2D eigenvalue weighted by molar-refractivity contribution is -0.157. The van der Waals surface area contributed by atoms with E-state index in [0.717, 1.165) is 11.1 Å². The maximum Gasteiger partial charge on any atom is 0.321 e. The van der Waals surface area contributed by atoms with Gasteiger partial charge in [-0.1, -0.05) is 60.7 Å². The number of ether oxygens (including phenoxy) is 2. The zero-order valence-electron chi connectivity index (χ0n) is 22.3. The van der Waals surface area contributed by atoms with E-state index in [-0.39, 0.29) is 30.3 Å². The largest absolute Gasteiger partial charge is 0.342 e. The maximum absolute atomic E-state index is 14.7. The van der Waals surface area contributed by atoms with Crippen LogP contribution in [-0.4, -0.2) is 45.9 Å². The summed E-state index contributed by atoms with van der Waals surface area (Å²) >= 11 is 3.32. The lowest BCUT2D eigenvalue weighted by Crippen LogP contribution is -2.51. The first-order valence-electron chi connectivity index (χ1n) is 13.5. The zero-order chi connectivity index (χ0) is 26.8. The highest BCUT2D eigenvalue weighted by molar-refractivity contribution is 7.08. The molecule has 2 saturated heterocycles.